The van der Waals surface area contributed by atoms with E-state index in [4.69, 9.17) is 9.47 Å². The second-order valence-electron chi connectivity index (χ2n) is 8.50. The Morgan fingerprint density at radius 3 is 2.46 bits per heavy atom. The molecule has 3 heterocycles. The van der Waals surface area contributed by atoms with Gasteiger partial charge in [-0.2, -0.15) is 23.3 Å². The summed E-state index contributed by atoms with van der Waals surface area (Å²) in [5.41, 5.74) is -0.599. The van der Waals surface area contributed by atoms with E-state index in [0.717, 1.165) is 36.8 Å². The molecule has 2 atom stereocenters. The fourth-order valence-corrected chi connectivity index (χ4v) is 4.34. The molecule has 2 aliphatic rings. The van der Waals surface area contributed by atoms with Gasteiger partial charge < -0.3 is 19.5 Å². The van der Waals surface area contributed by atoms with E-state index in [-0.39, 0.29) is 6.10 Å². The molecule has 4 rings (SSSR count). The molecule has 1 N–H and O–H groups in total. The number of carboxylic acids is 1. The number of anilines is 2. The average Bonchev–Trinajstić information content (AvgIpc) is 3.16. The smallest absolute Gasteiger partial charge is 0.431 e. The number of rotatable bonds is 7. The molecule has 1 saturated heterocycles. The van der Waals surface area contributed by atoms with E-state index >= 15 is 0 Å². The van der Waals surface area contributed by atoms with Gasteiger partial charge in [0.1, 0.15) is 17.6 Å². The van der Waals surface area contributed by atoms with Crippen molar-refractivity contribution in [2.45, 2.75) is 44.5 Å². The predicted octanol–water partition coefficient (Wildman–Crippen LogP) is 3.75. The Bertz CT molecular complexity index is 1070. The molecule has 0 aliphatic carbocycles. The summed E-state index contributed by atoms with van der Waals surface area (Å²) < 4.78 is 51.3. The number of hydrazone groups is 1. The van der Waals surface area contributed by atoms with E-state index in [1.165, 1.54) is 14.0 Å². The van der Waals surface area contributed by atoms with Crippen molar-refractivity contribution in [3.8, 4) is 11.6 Å². The van der Waals surface area contributed by atoms with Crippen LogP contribution in [0.4, 0.5) is 24.7 Å². The average molecular weight is 493 g/mol. The van der Waals surface area contributed by atoms with Crippen LogP contribution < -0.4 is 19.4 Å². The Balaban J connectivity index is 1.40. The molecule has 12 heteroatoms. The zero-order valence-corrected chi connectivity index (χ0v) is 19.3. The van der Waals surface area contributed by atoms with Crippen molar-refractivity contribution in [3.63, 3.8) is 0 Å². The van der Waals surface area contributed by atoms with Crippen molar-refractivity contribution in [1.82, 2.24) is 9.97 Å². The van der Waals surface area contributed by atoms with Crippen molar-refractivity contribution >= 4 is 23.2 Å². The van der Waals surface area contributed by atoms with Crippen LogP contribution in [0, 0.1) is 5.92 Å². The number of carbonyl (C=O) groups is 1. The summed E-state index contributed by atoms with van der Waals surface area (Å²) in [7, 11) is 1.54. The largest absolute Gasteiger partial charge is 0.490 e. The highest BCUT2D eigenvalue weighted by Gasteiger charge is 2.48. The zero-order chi connectivity index (χ0) is 25.2. The number of hydrogen-bond donors (Lipinski definition) is 1. The van der Waals surface area contributed by atoms with Crippen LogP contribution in [-0.2, 0) is 4.79 Å². The normalized spacial score (nSPS) is 21.1. The van der Waals surface area contributed by atoms with E-state index < -0.39 is 36.2 Å². The number of aliphatic carboxylic acids is 1. The van der Waals surface area contributed by atoms with Crippen LogP contribution >= 0.6 is 0 Å². The van der Waals surface area contributed by atoms with Gasteiger partial charge >= 0.3 is 12.1 Å². The van der Waals surface area contributed by atoms with Crippen LogP contribution in [-0.4, -0.2) is 65.3 Å². The topological polar surface area (TPSA) is 100 Å². The van der Waals surface area contributed by atoms with E-state index in [1.54, 1.807) is 36.7 Å². The molecule has 0 saturated carbocycles. The summed E-state index contributed by atoms with van der Waals surface area (Å²) >= 11 is 0. The van der Waals surface area contributed by atoms with Gasteiger partial charge in [0.15, 0.2) is 5.82 Å². The molecule has 1 aromatic heterocycles. The van der Waals surface area contributed by atoms with Crippen LogP contribution in [0.2, 0.25) is 0 Å². The van der Waals surface area contributed by atoms with Gasteiger partial charge in [-0.05, 0) is 24.3 Å². The number of benzene rings is 1. The molecule has 9 nitrogen and oxygen atoms in total. The Kier molecular flexibility index (Phi) is 6.99. The number of piperidine rings is 1. The van der Waals surface area contributed by atoms with Crippen LogP contribution in [0.15, 0.2) is 41.8 Å². The molecule has 2 aromatic rings. The Labute approximate surface area is 200 Å². The van der Waals surface area contributed by atoms with Crippen molar-refractivity contribution in [2.75, 3.05) is 30.1 Å². The van der Waals surface area contributed by atoms with E-state index in [0.29, 0.717) is 17.3 Å². The fraction of sp³-hybridized carbons (Fsp3) is 0.478. The number of alkyl halides is 3. The lowest BCUT2D eigenvalue weighted by molar-refractivity contribution is -0.137. The first-order valence-corrected chi connectivity index (χ1v) is 11.2. The molecule has 0 bridgehead atoms. The maximum Gasteiger partial charge on any atom is 0.431 e. The van der Waals surface area contributed by atoms with Crippen molar-refractivity contribution in [1.29, 1.82) is 0 Å². The molecular weight excluding hydrogens is 467 g/mol. The summed E-state index contributed by atoms with van der Waals surface area (Å²) in [4.78, 5) is 21.9. The number of nitrogens with zero attached hydrogens (tertiary/aromatic N) is 5. The highest BCUT2D eigenvalue weighted by molar-refractivity contribution is 5.95. The SMILES string of the molecule is COc1cncc(N2CCC(Oc3ccc(N4N=C(C(F)(F)F)[C@@H](C)[C@@H]4CC(=O)O)cc3)CC2)n1. The summed E-state index contributed by atoms with van der Waals surface area (Å²) in [6.45, 7) is 2.80. The summed E-state index contributed by atoms with van der Waals surface area (Å²) in [5, 5.41) is 14.1. The molecule has 2 aliphatic heterocycles. The fourth-order valence-electron chi connectivity index (χ4n) is 4.34. The van der Waals surface area contributed by atoms with Crippen LogP contribution in [0.5, 0.6) is 11.6 Å². The maximum atomic E-state index is 13.4. The van der Waals surface area contributed by atoms with E-state index in [1.807, 2.05) is 0 Å². The van der Waals surface area contributed by atoms with Gasteiger partial charge in [0, 0.05) is 31.8 Å². The first kappa shape index (κ1) is 24.6. The lowest BCUT2D eigenvalue weighted by atomic mass is 9.94. The summed E-state index contributed by atoms with van der Waals surface area (Å²) in [6, 6.07) is 5.60. The monoisotopic (exact) mass is 493 g/mol. The van der Waals surface area contributed by atoms with Gasteiger partial charge in [0.2, 0.25) is 5.88 Å². The molecule has 0 amide bonds. The van der Waals surface area contributed by atoms with E-state index in [2.05, 4.69) is 20.0 Å². The van der Waals surface area contributed by atoms with Gasteiger partial charge in [-0.1, -0.05) is 6.92 Å². The zero-order valence-electron chi connectivity index (χ0n) is 19.3. The third-order valence-electron chi connectivity index (χ3n) is 6.19. The highest BCUT2D eigenvalue weighted by Crippen LogP contribution is 2.37. The molecule has 188 valence electrons. The number of aromatic nitrogens is 2. The summed E-state index contributed by atoms with van der Waals surface area (Å²) in [6.07, 6.45) is -0.374. The molecular formula is C23H26F3N5O4. The van der Waals surface area contributed by atoms with Crippen molar-refractivity contribution in [2.24, 2.45) is 11.0 Å². The molecule has 0 spiro atoms. The van der Waals surface area contributed by atoms with Gasteiger partial charge in [0.25, 0.3) is 0 Å². The lowest BCUT2D eigenvalue weighted by Crippen LogP contribution is -2.38. The Hall–Kier alpha value is -3.57. The van der Waals surface area contributed by atoms with Crippen molar-refractivity contribution < 1.29 is 32.5 Å². The van der Waals surface area contributed by atoms with E-state index in [9.17, 15) is 23.1 Å². The number of carboxylic acid groups (broad SMARTS) is 1. The third kappa shape index (κ3) is 5.57. The number of methoxy groups -OCH3 is 1. The summed E-state index contributed by atoms with van der Waals surface area (Å²) in [5.74, 6) is -0.485. The minimum Gasteiger partial charge on any atom is -0.490 e. The minimum absolute atomic E-state index is 0.0305. The van der Waals surface area contributed by atoms with Gasteiger partial charge in [-0.3, -0.25) is 14.8 Å². The molecule has 35 heavy (non-hydrogen) atoms. The number of hydrogen-bond acceptors (Lipinski definition) is 8. The highest BCUT2D eigenvalue weighted by atomic mass is 19.4. The molecule has 0 unspecified atom stereocenters. The second-order valence-corrected chi connectivity index (χ2v) is 8.50. The number of halogens is 3. The lowest BCUT2D eigenvalue weighted by Gasteiger charge is -2.32. The second kappa shape index (κ2) is 9.96. The van der Waals surface area contributed by atoms with Gasteiger partial charge in [0.05, 0.1) is 37.7 Å². The first-order valence-electron chi connectivity index (χ1n) is 11.2. The maximum absolute atomic E-state index is 13.4. The Morgan fingerprint density at radius 2 is 1.86 bits per heavy atom. The predicted molar refractivity (Wildman–Crippen MR) is 122 cm³/mol. The van der Waals surface area contributed by atoms with Crippen LogP contribution in [0.25, 0.3) is 0 Å². The van der Waals surface area contributed by atoms with Gasteiger partial charge in [-0.15, -0.1) is 0 Å². The molecule has 1 fully saturated rings. The number of ether oxygens (including phenoxy) is 2. The van der Waals surface area contributed by atoms with Crippen LogP contribution in [0.3, 0.4) is 0 Å². The van der Waals surface area contributed by atoms with Gasteiger partial charge in [-0.25, -0.2) is 0 Å². The molecule has 0 radical (unpaired) electrons. The quantitative estimate of drug-likeness (QED) is 0.623. The molecule has 1 aromatic carbocycles. The first-order chi connectivity index (χ1) is 16.7. The minimum atomic E-state index is -4.63. The van der Waals surface area contributed by atoms with Crippen molar-refractivity contribution in [3.05, 3.63) is 36.7 Å². The van der Waals surface area contributed by atoms with Crippen LogP contribution in [0.1, 0.15) is 26.2 Å². The third-order valence-corrected chi connectivity index (χ3v) is 6.19. The standard InChI is InChI=1S/C23H26F3N5O4/c1-14-18(11-21(32)33)31(29-22(14)23(24,25)26)15-3-5-16(6-4-15)35-17-7-9-30(10-8-17)19-12-27-13-20(28-19)34-2/h3-6,12-14,17-18H,7-11H2,1-2H3,(H,32,33)/t14-,18-/m0/s1. The Morgan fingerprint density at radius 1 is 1.17 bits per heavy atom.